The molecule has 2 bridgehead atoms. The topological polar surface area (TPSA) is 189 Å². The molecule has 0 radical (unpaired) electrons. The standard InChI is InChI=1S/C32H41N5O7/c1-19(2)27-31(41)36-26(18-22-12-14-23(15-13-22)44-16-8-7-11-24(33)28(38)37-27)30(40)35-25(17-21-9-5-4-6-10-21)29(39)34-20(3)32(42)43/h4-10,12-15,19-20,24-27H,11,16-18,33H2,1-3H3,(H,34,39)(H,35,40)(H,36,41)(H,37,38)(H,42,43)/b8-7+/t20-,24-,25-,26-,27-/m0/s1. The number of carboxylic acid groups (broad SMARTS) is 1. The Balaban J connectivity index is 1.92. The van der Waals surface area contributed by atoms with Gasteiger partial charge in [0.15, 0.2) is 0 Å². The zero-order valence-corrected chi connectivity index (χ0v) is 25.1. The molecule has 0 fully saturated rings. The van der Waals surface area contributed by atoms with Gasteiger partial charge >= 0.3 is 5.97 Å². The fourth-order valence-corrected chi connectivity index (χ4v) is 4.49. The Hall–Kier alpha value is -4.71. The summed E-state index contributed by atoms with van der Waals surface area (Å²) in [6.45, 7) is 5.10. The van der Waals surface area contributed by atoms with Crippen LogP contribution in [-0.4, -0.2) is 71.5 Å². The Morgan fingerprint density at radius 2 is 1.64 bits per heavy atom. The largest absolute Gasteiger partial charge is 0.490 e. The lowest BCUT2D eigenvalue weighted by molar-refractivity contribution is -0.141. The molecular weight excluding hydrogens is 566 g/mol. The number of rotatable bonds is 8. The number of fused-ring (bicyclic) bond motifs is 13. The van der Waals surface area contributed by atoms with Crippen molar-refractivity contribution in [2.75, 3.05) is 6.61 Å². The van der Waals surface area contributed by atoms with Gasteiger partial charge in [-0.05, 0) is 42.5 Å². The van der Waals surface area contributed by atoms with Crippen molar-refractivity contribution in [3.8, 4) is 5.75 Å². The number of aliphatic carboxylic acids is 1. The van der Waals surface area contributed by atoms with Crippen LogP contribution in [0.5, 0.6) is 5.75 Å². The monoisotopic (exact) mass is 607 g/mol. The van der Waals surface area contributed by atoms with E-state index in [4.69, 9.17) is 10.5 Å². The van der Waals surface area contributed by atoms with E-state index in [1.807, 2.05) is 6.07 Å². The molecule has 12 heteroatoms. The number of carbonyl (C=O) groups excluding carboxylic acids is 4. The summed E-state index contributed by atoms with van der Waals surface area (Å²) in [5.74, 6) is -3.45. The number of benzene rings is 2. The first kappa shape index (κ1) is 33.8. The third-order valence-corrected chi connectivity index (χ3v) is 7.13. The maximum atomic E-state index is 13.8. The molecule has 2 aliphatic heterocycles. The third kappa shape index (κ3) is 10.2. The summed E-state index contributed by atoms with van der Waals surface area (Å²) in [5, 5.41) is 19.9. The second-order valence-electron chi connectivity index (χ2n) is 11.1. The zero-order valence-electron chi connectivity index (χ0n) is 25.1. The maximum absolute atomic E-state index is 13.8. The highest BCUT2D eigenvalue weighted by atomic mass is 16.5. The summed E-state index contributed by atoms with van der Waals surface area (Å²) in [4.78, 5) is 64.7. The average molecular weight is 608 g/mol. The zero-order chi connectivity index (χ0) is 32.2. The van der Waals surface area contributed by atoms with Crippen molar-refractivity contribution >= 4 is 29.6 Å². The van der Waals surface area contributed by atoms with Gasteiger partial charge in [0.1, 0.15) is 36.5 Å². The summed E-state index contributed by atoms with van der Waals surface area (Å²) >= 11 is 0. The number of ether oxygens (including phenoxy) is 1. The molecular formula is C32H41N5O7. The molecule has 0 aromatic heterocycles. The number of amides is 4. The van der Waals surface area contributed by atoms with E-state index in [-0.39, 0.29) is 31.8 Å². The second kappa shape index (κ2) is 16.2. The van der Waals surface area contributed by atoms with Gasteiger partial charge in [0.25, 0.3) is 0 Å². The van der Waals surface area contributed by atoms with E-state index in [0.717, 1.165) is 5.56 Å². The minimum atomic E-state index is -1.23. The minimum Gasteiger partial charge on any atom is -0.490 e. The van der Waals surface area contributed by atoms with Gasteiger partial charge in [-0.3, -0.25) is 24.0 Å². The molecule has 4 rings (SSSR count). The predicted molar refractivity (Wildman–Crippen MR) is 163 cm³/mol. The van der Waals surface area contributed by atoms with Crippen LogP contribution in [0.25, 0.3) is 0 Å². The highest BCUT2D eigenvalue weighted by Gasteiger charge is 2.32. The molecule has 12 nitrogen and oxygen atoms in total. The molecule has 0 spiro atoms. The number of carboxylic acids is 1. The molecule has 0 saturated heterocycles. The highest BCUT2D eigenvalue weighted by Crippen LogP contribution is 2.15. The quantitative estimate of drug-likeness (QED) is 0.238. The lowest BCUT2D eigenvalue weighted by Gasteiger charge is -2.27. The first-order valence-corrected chi connectivity index (χ1v) is 14.5. The van der Waals surface area contributed by atoms with E-state index in [9.17, 15) is 29.1 Å². The summed E-state index contributed by atoms with van der Waals surface area (Å²) in [6.07, 6.45) is 3.86. The molecule has 2 aliphatic rings. The third-order valence-electron chi connectivity index (χ3n) is 7.13. The molecule has 0 aliphatic carbocycles. The Morgan fingerprint density at radius 3 is 2.27 bits per heavy atom. The van der Waals surface area contributed by atoms with Crippen molar-refractivity contribution in [1.29, 1.82) is 0 Å². The first-order valence-electron chi connectivity index (χ1n) is 14.5. The molecule has 236 valence electrons. The Kier molecular flexibility index (Phi) is 12.5. The van der Waals surface area contributed by atoms with Crippen LogP contribution in [0.15, 0.2) is 66.7 Å². The number of nitrogens with one attached hydrogen (secondary N) is 4. The van der Waals surface area contributed by atoms with E-state index in [1.54, 1.807) is 74.5 Å². The van der Waals surface area contributed by atoms with Gasteiger partial charge in [-0.15, -0.1) is 0 Å². The molecule has 7 N–H and O–H groups in total. The van der Waals surface area contributed by atoms with Crippen molar-refractivity contribution < 1.29 is 33.8 Å². The number of carbonyl (C=O) groups is 5. The Morgan fingerprint density at radius 1 is 0.955 bits per heavy atom. The van der Waals surface area contributed by atoms with Gasteiger partial charge in [0.2, 0.25) is 23.6 Å². The van der Waals surface area contributed by atoms with Crippen LogP contribution < -0.4 is 31.7 Å². The molecule has 0 saturated carbocycles. The van der Waals surface area contributed by atoms with Gasteiger partial charge in [-0.1, -0.05) is 68.5 Å². The van der Waals surface area contributed by atoms with Gasteiger partial charge in [0, 0.05) is 12.8 Å². The fourth-order valence-electron chi connectivity index (χ4n) is 4.49. The smallest absolute Gasteiger partial charge is 0.325 e. The Bertz CT molecular complexity index is 1330. The molecule has 0 unspecified atom stereocenters. The number of hydrogen-bond donors (Lipinski definition) is 6. The summed E-state index contributed by atoms with van der Waals surface area (Å²) < 4.78 is 5.71. The Labute approximate surface area is 256 Å². The molecule has 2 heterocycles. The fraction of sp³-hybridized carbons (Fsp3) is 0.406. The van der Waals surface area contributed by atoms with E-state index >= 15 is 0 Å². The van der Waals surface area contributed by atoms with E-state index in [1.165, 1.54) is 6.92 Å². The van der Waals surface area contributed by atoms with Gasteiger partial charge in [-0.25, -0.2) is 0 Å². The predicted octanol–water partition coefficient (Wildman–Crippen LogP) is 0.838. The average Bonchev–Trinajstić information content (AvgIpc) is 2.99. The van der Waals surface area contributed by atoms with Crippen LogP contribution in [0.1, 0.15) is 38.3 Å². The number of nitrogens with two attached hydrogens (primary N) is 1. The molecule has 4 amide bonds. The molecule has 5 atom stereocenters. The molecule has 2 aromatic rings. The van der Waals surface area contributed by atoms with Crippen LogP contribution >= 0.6 is 0 Å². The first-order chi connectivity index (χ1) is 20.9. The lowest BCUT2D eigenvalue weighted by atomic mass is 9.99. The van der Waals surface area contributed by atoms with E-state index < -0.39 is 59.8 Å². The van der Waals surface area contributed by atoms with Crippen molar-refractivity contribution in [3.05, 3.63) is 77.9 Å². The summed E-state index contributed by atoms with van der Waals surface area (Å²) in [7, 11) is 0. The molecule has 2 aromatic carbocycles. The van der Waals surface area contributed by atoms with Crippen LogP contribution in [0.4, 0.5) is 0 Å². The van der Waals surface area contributed by atoms with Crippen molar-refractivity contribution in [2.45, 2.75) is 70.2 Å². The summed E-state index contributed by atoms with van der Waals surface area (Å²) in [5.41, 5.74) is 7.48. The maximum Gasteiger partial charge on any atom is 0.325 e. The van der Waals surface area contributed by atoms with Gasteiger partial charge in [0.05, 0.1) is 6.04 Å². The SMILES string of the molecule is CC(C)[C@@H]1NC(=O)[C@@H](N)C/C=C/COc2ccc(cc2)C[C@@H](C(=O)N[C@@H](Cc2ccccc2)C(=O)N[C@@H](C)C(=O)O)NC1=O. The number of hydrogen-bond acceptors (Lipinski definition) is 7. The second-order valence-corrected chi connectivity index (χ2v) is 11.1. The van der Waals surface area contributed by atoms with Crippen LogP contribution in [0.3, 0.4) is 0 Å². The van der Waals surface area contributed by atoms with E-state index in [2.05, 4.69) is 21.3 Å². The summed E-state index contributed by atoms with van der Waals surface area (Å²) in [6, 6.07) is 10.6. The molecule has 44 heavy (non-hydrogen) atoms. The van der Waals surface area contributed by atoms with Crippen molar-refractivity contribution in [3.63, 3.8) is 0 Å². The normalized spacial score (nSPS) is 21.5. The minimum absolute atomic E-state index is 0.0568. The van der Waals surface area contributed by atoms with Crippen molar-refractivity contribution in [1.82, 2.24) is 21.3 Å². The van der Waals surface area contributed by atoms with Crippen LogP contribution in [0, 0.1) is 5.92 Å². The van der Waals surface area contributed by atoms with Crippen LogP contribution in [0.2, 0.25) is 0 Å². The van der Waals surface area contributed by atoms with Gasteiger partial charge < -0.3 is 36.8 Å². The highest BCUT2D eigenvalue weighted by molar-refractivity contribution is 5.95. The van der Waals surface area contributed by atoms with Gasteiger partial charge in [-0.2, -0.15) is 0 Å². The van der Waals surface area contributed by atoms with Crippen LogP contribution in [-0.2, 0) is 36.8 Å². The van der Waals surface area contributed by atoms with E-state index in [0.29, 0.717) is 11.3 Å². The lowest BCUT2D eigenvalue weighted by Crippen LogP contribution is -2.60. The van der Waals surface area contributed by atoms with Crippen molar-refractivity contribution in [2.24, 2.45) is 11.7 Å².